The summed E-state index contributed by atoms with van der Waals surface area (Å²) in [5.41, 5.74) is 2.36. The molecule has 8 aromatic rings. The van der Waals surface area contributed by atoms with E-state index in [1.54, 1.807) is 70.5 Å². The zero-order valence-corrected chi connectivity index (χ0v) is 50.4. The van der Waals surface area contributed by atoms with E-state index in [9.17, 15) is 19.2 Å². The van der Waals surface area contributed by atoms with E-state index in [-0.39, 0.29) is 53.0 Å². The van der Waals surface area contributed by atoms with Crippen LogP contribution in [-0.2, 0) is 64.1 Å². The highest BCUT2D eigenvalue weighted by Gasteiger charge is 2.35. The van der Waals surface area contributed by atoms with E-state index in [1.807, 2.05) is 36.3 Å². The Balaban J connectivity index is 0.677. The van der Waals surface area contributed by atoms with E-state index in [0.29, 0.717) is 48.5 Å². The second kappa shape index (κ2) is 26.8. The van der Waals surface area contributed by atoms with Crippen molar-refractivity contribution in [3.63, 3.8) is 0 Å². The lowest BCUT2D eigenvalue weighted by molar-refractivity contribution is -0.119. The van der Waals surface area contributed by atoms with Crippen molar-refractivity contribution in [1.29, 1.82) is 0 Å². The molecule has 28 heteroatoms. The van der Waals surface area contributed by atoms with Crippen LogP contribution < -0.4 is 21.3 Å². The molecule has 2 aliphatic heterocycles. The molecule has 0 spiro atoms. The van der Waals surface area contributed by atoms with Crippen molar-refractivity contribution in [1.82, 2.24) is 40.9 Å². The Morgan fingerprint density at radius 2 is 1.19 bits per heavy atom. The number of halogens is 2. The molecule has 2 aromatic carbocycles. The molecular formula is C49H46Cl2N12O4S10. The fourth-order valence-corrected chi connectivity index (χ4v) is 18.7. The van der Waals surface area contributed by atoms with Crippen molar-refractivity contribution >= 4 is 193 Å². The molecule has 0 bridgehead atoms. The van der Waals surface area contributed by atoms with E-state index in [4.69, 9.17) is 28.3 Å². The van der Waals surface area contributed by atoms with Gasteiger partial charge in [0.2, 0.25) is 39.0 Å². The Labute approximate surface area is 494 Å². The smallest absolute Gasteiger partial charge is 0.231 e. The predicted octanol–water partition coefficient (Wildman–Crippen LogP) is 11.5. The van der Waals surface area contributed by atoms with Gasteiger partial charge in [-0.15, -0.1) is 76.4 Å². The molecule has 77 heavy (non-hydrogen) atoms. The van der Waals surface area contributed by atoms with E-state index in [1.165, 1.54) is 66.9 Å². The Hall–Kier alpha value is -4.19. The highest BCUT2D eigenvalue weighted by Crippen LogP contribution is 2.43. The van der Waals surface area contributed by atoms with E-state index < -0.39 is 0 Å². The number of thioether (sulfide) groups is 4. The standard InChI is InChI=1S/C49H46Cl2N12O4S10/c1-63-45(77-49(62-63)55-39(65)22-30-8-11-37(51)73-30)33(25-69-17-14-44-58-59-46(76-44)52-38(64)21-29-7-10-36(50)72-29)26-6-9-35-28(18-26)20-32(71-35)24-41(67)54-48-61-57-43(75-48)13-16-68-15-12-42-56-60-47(74-42)53-40(66)23-31-19-27-4-2-3-5-34(27)70-31/h2-11,18-19,32-33,45H,12-17,20-25H2,1H3,(H,52,59,64)(H,53,60,66)(H,54,61,67)(H,55,62,65). The Bertz CT molecular complexity index is 3380. The summed E-state index contributed by atoms with van der Waals surface area (Å²) in [7, 11) is 1.94. The van der Waals surface area contributed by atoms with Gasteiger partial charge in [-0.25, -0.2) is 0 Å². The number of benzene rings is 2. The van der Waals surface area contributed by atoms with Gasteiger partial charge in [-0.2, -0.15) is 28.6 Å². The topological polar surface area (TPSA) is 209 Å². The summed E-state index contributed by atoms with van der Waals surface area (Å²) in [5.74, 6) is 2.74. The van der Waals surface area contributed by atoms with Crippen LogP contribution in [-0.4, -0.2) is 105 Å². The number of hydrogen-bond acceptors (Lipinski definition) is 22. The third-order valence-corrected chi connectivity index (χ3v) is 22.6. The number of thiophene rings is 3. The molecule has 6 aromatic heterocycles. The van der Waals surface area contributed by atoms with Crippen molar-refractivity contribution < 1.29 is 19.2 Å². The molecule has 2 aliphatic rings. The van der Waals surface area contributed by atoms with Crippen LogP contribution in [0.2, 0.25) is 8.67 Å². The predicted molar refractivity (Wildman–Crippen MR) is 325 cm³/mol. The number of aryl methyl sites for hydroxylation is 3. The van der Waals surface area contributed by atoms with Crippen LogP contribution in [0.1, 0.15) is 53.1 Å². The first kappa shape index (κ1) is 56.1. The molecule has 0 saturated carbocycles. The van der Waals surface area contributed by atoms with Gasteiger partial charge in [0.15, 0.2) is 5.17 Å². The molecule has 4 amide bonds. The number of nitrogens with zero attached hydrogens (tertiary/aromatic N) is 8. The number of carbonyl (C=O) groups excluding carboxylic acids is 4. The lowest BCUT2D eigenvalue weighted by Crippen LogP contribution is -2.30. The van der Waals surface area contributed by atoms with Gasteiger partial charge in [0.1, 0.15) is 20.4 Å². The minimum Gasteiger partial charge on any atom is -0.303 e. The quantitative estimate of drug-likeness (QED) is 0.0415. The SMILES string of the molecule is CN1N=C(NC(=O)Cc2ccc(Cl)s2)SC1C(CSCCc1nnc(NC(=O)Cc2ccc(Cl)s2)s1)c1ccc2c(c1)CC(CC(=O)Nc1nnc(CCSCCc3nnc(NC(=O)Cc4cc5ccccc5s4)s3)s1)S2. The van der Waals surface area contributed by atoms with Gasteiger partial charge >= 0.3 is 0 Å². The van der Waals surface area contributed by atoms with E-state index >= 15 is 0 Å². The summed E-state index contributed by atoms with van der Waals surface area (Å²) in [6.45, 7) is 0. The second-order valence-electron chi connectivity index (χ2n) is 17.4. The molecule has 3 atom stereocenters. The number of amidine groups is 1. The number of anilines is 3. The first-order chi connectivity index (χ1) is 37.4. The van der Waals surface area contributed by atoms with Crippen molar-refractivity contribution in [3.05, 3.63) is 122 Å². The highest BCUT2D eigenvalue weighted by molar-refractivity contribution is 8.14. The number of nitrogens with one attached hydrogen (secondary N) is 4. The van der Waals surface area contributed by atoms with E-state index in [2.05, 4.69) is 88.3 Å². The normalized spacial score (nSPS) is 15.4. The molecule has 400 valence electrons. The van der Waals surface area contributed by atoms with Crippen LogP contribution in [0, 0.1) is 0 Å². The maximum Gasteiger partial charge on any atom is 0.231 e. The minimum atomic E-state index is -0.166. The van der Waals surface area contributed by atoms with Crippen molar-refractivity contribution in [2.24, 2.45) is 5.10 Å². The largest absolute Gasteiger partial charge is 0.303 e. The average molecular weight is 1260 g/mol. The molecule has 10 rings (SSSR count). The van der Waals surface area contributed by atoms with Gasteiger partial charge in [0.05, 0.1) is 27.9 Å². The molecule has 3 unspecified atom stereocenters. The molecule has 0 saturated heterocycles. The maximum atomic E-state index is 13.4. The summed E-state index contributed by atoms with van der Waals surface area (Å²) in [6, 6.07) is 24.1. The number of hydrazone groups is 1. The van der Waals surface area contributed by atoms with Crippen molar-refractivity contribution in [3.8, 4) is 0 Å². The summed E-state index contributed by atoms with van der Waals surface area (Å²) in [5, 5.41) is 49.8. The van der Waals surface area contributed by atoms with Gasteiger partial charge in [-0.3, -0.25) is 24.2 Å². The second-order valence-corrected chi connectivity index (χ2v) is 30.2. The average Bonchev–Trinajstić information content (AvgIpc) is 4.27. The number of fused-ring (bicyclic) bond motifs is 2. The number of amides is 4. The lowest BCUT2D eigenvalue weighted by atomic mass is 9.96. The van der Waals surface area contributed by atoms with Gasteiger partial charge in [-0.1, -0.05) is 99.3 Å². The fourth-order valence-electron chi connectivity index (χ4n) is 8.21. The number of carbonyl (C=O) groups is 4. The molecule has 0 fully saturated rings. The Morgan fingerprint density at radius 3 is 1.79 bits per heavy atom. The molecular weight excluding hydrogens is 1210 g/mol. The summed E-state index contributed by atoms with van der Waals surface area (Å²) < 4.78 is 2.45. The Morgan fingerprint density at radius 1 is 0.623 bits per heavy atom. The number of likely N-dealkylation sites (N-methyl/N-ethyl adjacent to an activating group) is 1. The van der Waals surface area contributed by atoms with Crippen LogP contribution in [0.25, 0.3) is 10.1 Å². The lowest BCUT2D eigenvalue weighted by Gasteiger charge is -2.28. The summed E-state index contributed by atoms with van der Waals surface area (Å²) in [6.07, 6.45) is 3.96. The van der Waals surface area contributed by atoms with Gasteiger partial charge in [0, 0.05) is 73.9 Å². The van der Waals surface area contributed by atoms with Crippen LogP contribution in [0.4, 0.5) is 15.4 Å². The molecule has 4 N–H and O–H groups in total. The third kappa shape index (κ3) is 16.0. The Kier molecular flexibility index (Phi) is 19.6. The number of rotatable bonds is 24. The minimum absolute atomic E-state index is 0.0232. The van der Waals surface area contributed by atoms with Crippen LogP contribution in [0.5, 0.6) is 0 Å². The highest BCUT2D eigenvalue weighted by atomic mass is 35.5. The van der Waals surface area contributed by atoms with Crippen LogP contribution in [0.3, 0.4) is 0 Å². The fraction of sp³-hybridized carbons (Fsp3) is 0.327. The maximum absolute atomic E-state index is 13.4. The van der Waals surface area contributed by atoms with Crippen LogP contribution in [0.15, 0.2) is 82.8 Å². The zero-order chi connectivity index (χ0) is 53.3. The molecule has 0 aliphatic carbocycles. The van der Waals surface area contributed by atoms with Gasteiger partial charge in [0.25, 0.3) is 0 Å². The van der Waals surface area contributed by atoms with Gasteiger partial charge in [-0.05, 0) is 82.7 Å². The summed E-state index contributed by atoms with van der Waals surface area (Å²) >= 11 is 27.6. The number of hydrogen-bond donors (Lipinski definition) is 4. The van der Waals surface area contributed by atoms with Crippen LogP contribution >= 0.6 is 138 Å². The summed E-state index contributed by atoms with van der Waals surface area (Å²) in [4.78, 5) is 55.7. The molecule has 16 nitrogen and oxygen atoms in total. The molecule has 0 radical (unpaired) electrons. The first-order valence-electron chi connectivity index (χ1n) is 23.9. The van der Waals surface area contributed by atoms with Crippen molar-refractivity contribution in [2.45, 2.75) is 72.8 Å². The number of aromatic nitrogens is 6. The van der Waals surface area contributed by atoms with E-state index in [0.717, 1.165) is 87.8 Å². The zero-order valence-electron chi connectivity index (χ0n) is 40.7. The van der Waals surface area contributed by atoms with Gasteiger partial charge < -0.3 is 21.3 Å². The first-order valence-corrected chi connectivity index (χ1v) is 33.7. The third-order valence-electron chi connectivity index (χ3n) is 11.7. The molecule has 8 heterocycles. The monoisotopic (exact) mass is 1260 g/mol. The van der Waals surface area contributed by atoms with Crippen molar-refractivity contribution in [2.75, 3.05) is 46.0 Å².